The molecule has 2 aromatic carbocycles. The van der Waals surface area contributed by atoms with Crippen LogP contribution in [-0.2, 0) is 9.59 Å². The van der Waals surface area contributed by atoms with E-state index in [2.05, 4.69) is 22.8 Å². The zero-order valence-electron chi connectivity index (χ0n) is 18.1. The van der Waals surface area contributed by atoms with Gasteiger partial charge in [-0.15, -0.1) is 11.3 Å². The normalized spacial score (nSPS) is 20.4. The Kier molecular flexibility index (Phi) is 5.68. The molecule has 0 bridgehead atoms. The molecule has 2 N–H and O–H groups in total. The Balaban J connectivity index is 1.52. The number of halogens is 1. The van der Waals surface area contributed by atoms with Crippen LogP contribution in [-0.4, -0.2) is 11.7 Å². The van der Waals surface area contributed by atoms with Crippen LogP contribution in [0.25, 0.3) is 0 Å². The molecule has 0 saturated heterocycles. The fourth-order valence-corrected chi connectivity index (χ4v) is 5.62. The van der Waals surface area contributed by atoms with Crippen LogP contribution < -0.4 is 10.6 Å². The second-order valence-corrected chi connectivity index (χ2v) is 9.38. The van der Waals surface area contributed by atoms with Crippen molar-refractivity contribution in [3.05, 3.63) is 111 Å². The van der Waals surface area contributed by atoms with E-state index < -0.39 is 5.92 Å². The number of nitrogens with one attached hydrogen (secondary N) is 2. The molecule has 0 saturated carbocycles. The summed E-state index contributed by atoms with van der Waals surface area (Å²) in [6.45, 7) is 1.88. The van der Waals surface area contributed by atoms with E-state index in [4.69, 9.17) is 0 Å². The number of carbonyl (C=O) groups excluding carboxylic acids is 2. The summed E-state index contributed by atoms with van der Waals surface area (Å²) in [6.07, 6.45) is 1.13. The molecule has 6 heteroatoms. The minimum absolute atomic E-state index is 0.0654. The van der Waals surface area contributed by atoms with Gasteiger partial charge in [-0.3, -0.25) is 9.59 Å². The molecule has 1 aliphatic heterocycles. The van der Waals surface area contributed by atoms with Gasteiger partial charge >= 0.3 is 0 Å². The van der Waals surface area contributed by atoms with Crippen molar-refractivity contribution < 1.29 is 14.0 Å². The maximum atomic E-state index is 13.5. The second kappa shape index (κ2) is 8.79. The van der Waals surface area contributed by atoms with Crippen LogP contribution >= 0.6 is 11.3 Å². The predicted octanol–water partition coefficient (Wildman–Crippen LogP) is 5.89. The minimum atomic E-state index is -0.425. The lowest BCUT2D eigenvalue weighted by Gasteiger charge is -2.36. The van der Waals surface area contributed by atoms with E-state index in [9.17, 15) is 14.0 Å². The van der Waals surface area contributed by atoms with Crippen molar-refractivity contribution in [2.75, 3.05) is 5.32 Å². The van der Waals surface area contributed by atoms with Crippen LogP contribution in [0, 0.1) is 5.82 Å². The summed E-state index contributed by atoms with van der Waals surface area (Å²) >= 11 is 1.54. The third-order valence-electron chi connectivity index (χ3n) is 6.27. The van der Waals surface area contributed by atoms with Crippen LogP contribution in [0.2, 0.25) is 0 Å². The first-order chi connectivity index (χ1) is 16.0. The third kappa shape index (κ3) is 4.14. The summed E-state index contributed by atoms with van der Waals surface area (Å²) in [5, 5.41) is 8.22. The van der Waals surface area contributed by atoms with Gasteiger partial charge in [0.2, 0.25) is 0 Å². The smallest absolute Gasteiger partial charge is 0.254 e. The highest BCUT2D eigenvalue weighted by molar-refractivity contribution is 7.10. The van der Waals surface area contributed by atoms with Gasteiger partial charge in [0.15, 0.2) is 5.78 Å². The zero-order valence-corrected chi connectivity index (χ0v) is 18.9. The maximum Gasteiger partial charge on any atom is 0.254 e. The predicted molar refractivity (Wildman–Crippen MR) is 128 cm³/mol. The van der Waals surface area contributed by atoms with Crippen LogP contribution in [0.4, 0.5) is 10.1 Å². The Labute approximate surface area is 195 Å². The van der Waals surface area contributed by atoms with Gasteiger partial charge in [-0.25, -0.2) is 4.39 Å². The van der Waals surface area contributed by atoms with Crippen molar-refractivity contribution >= 4 is 28.7 Å². The Morgan fingerprint density at radius 3 is 2.48 bits per heavy atom. The van der Waals surface area contributed by atoms with Gasteiger partial charge in [0.1, 0.15) is 5.82 Å². The number of ketones is 1. The molecule has 1 aliphatic carbocycles. The number of rotatable bonds is 4. The van der Waals surface area contributed by atoms with E-state index in [0.717, 1.165) is 28.3 Å². The van der Waals surface area contributed by atoms with Crippen molar-refractivity contribution in [2.45, 2.75) is 31.6 Å². The number of amides is 1. The number of hydrogen-bond acceptors (Lipinski definition) is 4. The summed E-state index contributed by atoms with van der Waals surface area (Å²) in [5.41, 5.74) is 4.48. The van der Waals surface area contributed by atoms with Crippen molar-refractivity contribution in [3.8, 4) is 0 Å². The van der Waals surface area contributed by atoms with Gasteiger partial charge in [0.05, 0.1) is 5.92 Å². The molecule has 1 aromatic heterocycles. The topological polar surface area (TPSA) is 58.2 Å². The Hall–Kier alpha value is -3.51. The van der Waals surface area contributed by atoms with E-state index in [0.29, 0.717) is 23.3 Å². The fraction of sp³-hybridized carbons (Fsp3) is 0.185. The van der Waals surface area contributed by atoms with Crippen molar-refractivity contribution in [2.24, 2.45) is 0 Å². The quantitative estimate of drug-likeness (QED) is 0.513. The largest absolute Gasteiger partial charge is 0.362 e. The zero-order chi connectivity index (χ0) is 22.9. The SMILES string of the molecule is CC1=C(C(=O)Nc2ccc(F)cc2)[C@H](c2cccs2)C2=C(C[C@@H](c3ccccc3)CC2=O)N1. The lowest BCUT2D eigenvalue weighted by Crippen LogP contribution is -2.36. The fourth-order valence-electron chi connectivity index (χ4n) is 4.77. The van der Waals surface area contributed by atoms with E-state index >= 15 is 0 Å². The lowest BCUT2D eigenvalue weighted by atomic mass is 9.73. The number of allylic oxidation sites excluding steroid dienone is 3. The van der Waals surface area contributed by atoms with Crippen molar-refractivity contribution in [3.63, 3.8) is 0 Å². The monoisotopic (exact) mass is 458 g/mol. The molecule has 1 amide bonds. The molecular weight excluding hydrogens is 435 g/mol. The summed E-state index contributed by atoms with van der Waals surface area (Å²) in [4.78, 5) is 27.9. The molecule has 0 radical (unpaired) electrons. The number of thiophene rings is 1. The number of benzene rings is 2. The average Bonchev–Trinajstić information content (AvgIpc) is 3.35. The number of anilines is 1. The summed E-state index contributed by atoms with van der Waals surface area (Å²) in [6, 6.07) is 19.7. The highest BCUT2D eigenvalue weighted by atomic mass is 32.1. The van der Waals surface area contributed by atoms with Gasteiger partial charge in [0.25, 0.3) is 5.91 Å². The van der Waals surface area contributed by atoms with Crippen molar-refractivity contribution in [1.29, 1.82) is 0 Å². The average molecular weight is 459 g/mol. The summed E-state index contributed by atoms with van der Waals surface area (Å²) < 4.78 is 13.3. The third-order valence-corrected chi connectivity index (χ3v) is 7.21. The Bertz CT molecular complexity index is 1260. The van der Waals surface area contributed by atoms with Crippen LogP contribution in [0.5, 0.6) is 0 Å². The number of Topliss-reactive ketones (excluding diaryl/α,β-unsaturated/α-hetero) is 1. The molecule has 2 heterocycles. The Morgan fingerprint density at radius 1 is 1.03 bits per heavy atom. The number of carbonyl (C=O) groups is 2. The molecule has 0 fully saturated rings. The van der Waals surface area contributed by atoms with Crippen LogP contribution in [0.15, 0.2) is 94.7 Å². The van der Waals surface area contributed by atoms with Crippen molar-refractivity contribution in [1.82, 2.24) is 5.32 Å². The summed E-state index contributed by atoms with van der Waals surface area (Å²) in [7, 11) is 0. The van der Waals surface area contributed by atoms with Crippen LogP contribution in [0.1, 0.15) is 42.0 Å². The molecule has 33 heavy (non-hydrogen) atoms. The first-order valence-corrected chi connectivity index (χ1v) is 11.8. The standard InChI is InChI=1S/C27H23FN2O2S/c1-16-24(27(32)30-20-11-9-19(28)10-12-20)26(23-8-5-13-33-23)25-21(29-16)14-18(15-22(25)31)17-6-3-2-4-7-17/h2-13,18,26,29H,14-15H2,1H3,(H,30,32)/t18-,26+/m1/s1. The molecule has 2 atom stereocenters. The molecular formula is C27H23FN2O2S. The molecule has 2 aliphatic rings. The summed E-state index contributed by atoms with van der Waals surface area (Å²) in [5.74, 6) is -0.915. The van der Waals surface area contributed by atoms with Gasteiger partial charge in [-0.1, -0.05) is 36.4 Å². The van der Waals surface area contributed by atoms with Gasteiger partial charge in [-0.05, 0) is 60.5 Å². The minimum Gasteiger partial charge on any atom is -0.362 e. The van der Waals surface area contributed by atoms with Gasteiger partial charge in [0, 0.05) is 39.5 Å². The molecule has 4 nitrogen and oxygen atoms in total. The number of hydrogen-bond donors (Lipinski definition) is 2. The van der Waals surface area contributed by atoms with Crippen LogP contribution in [0.3, 0.4) is 0 Å². The Morgan fingerprint density at radius 2 is 1.79 bits per heavy atom. The lowest BCUT2D eigenvalue weighted by molar-refractivity contribution is -0.116. The molecule has 3 aromatic rings. The van der Waals surface area contributed by atoms with E-state index in [1.807, 2.05) is 42.6 Å². The molecule has 0 unspecified atom stereocenters. The van der Waals surface area contributed by atoms with E-state index in [-0.39, 0.29) is 23.4 Å². The molecule has 0 spiro atoms. The first kappa shape index (κ1) is 21.3. The molecule has 5 rings (SSSR count). The second-order valence-electron chi connectivity index (χ2n) is 8.40. The maximum absolute atomic E-state index is 13.5. The van der Waals surface area contributed by atoms with E-state index in [1.54, 1.807) is 0 Å². The number of dihydropyridines is 1. The van der Waals surface area contributed by atoms with Gasteiger partial charge < -0.3 is 10.6 Å². The highest BCUT2D eigenvalue weighted by Gasteiger charge is 2.41. The first-order valence-electron chi connectivity index (χ1n) is 10.9. The highest BCUT2D eigenvalue weighted by Crippen LogP contribution is 2.46. The van der Waals surface area contributed by atoms with E-state index in [1.165, 1.54) is 35.6 Å². The molecule has 166 valence electrons. The van der Waals surface area contributed by atoms with Gasteiger partial charge in [-0.2, -0.15) is 0 Å².